The molecule has 1 heterocycles. The molecule has 0 fully saturated rings. The number of aromatic nitrogens is 1. The van der Waals surface area contributed by atoms with E-state index in [-0.39, 0.29) is 5.91 Å². The van der Waals surface area contributed by atoms with E-state index >= 15 is 0 Å². The van der Waals surface area contributed by atoms with Gasteiger partial charge in [0.05, 0.1) is 12.2 Å². The Bertz CT molecular complexity index is 612. The number of benzene rings is 1. The monoisotopic (exact) mass is 334 g/mol. The first-order valence-corrected chi connectivity index (χ1v) is 7.06. The standard InChI is InChI=1S/C15H15BrN2O2/c1-3-20-12-5-6-13(10(2)8-12)18-15(19)11-4-7-14(16)17-9-11/h4-9H,3H2,1-2H3,(H,18,19). The summed E-state index contributed by atoms with van der Waals surface area (Å²) in [6.45, 7) is 4.49. The molecule has 0 aliphatic carbocycles. The van der Waals surface area contributed by atoms with Crippen molar-refractivity contribution >= 4 is 27.5 Å². The van der Waals surface area contributed by atoms with Gasteiger partial charge in [-0.25, -0.2) is 4.98 Å². The minimum absolute atomic E-state index is 0.183. The van der Waals surface area contributed by atoms with Gasteiger partial charge in [-0.05, 0) is 65.7 Å². The van der Waals surface area contributed by atoms with Crippen LogP contribution in [0, 0.1) is 6.92 Å². The highest BCUT2D eigenvalue weighted by Crippen LogP contribution is 2.22. The van der Waals surface area contributed by atoms with E-state index < -0.39 is 0 Å². The number of carbonyl (C=O) groups is 1. The van der Waals surface area contributed by atoms with Gasteiger partial charge in [-0.1, -0.05) is 0 Å². The lowest BCUT2D eigenvalue weighted by Gasteiger charge is -2.10. The van der Waals surface area contributed by atoms with Gasteiger partial charge in [0.1, 0.15) is 10.4 Å². The third-order valence-electron chi connectivity index (χ3n) is 2.75. The van der Waals surface area contributed by atoms with Crippen LogP contribution >= 0.6 is 15.9 Å². The highest BCUT2D eigenvalue weighted by Gasteiger charge is 2.08. The molecule has 20 heavy (non-hydrogen) atoms. The van der Waals surface area contributed by atoms with Gasteiger partial charge in [-0.2, -0.15) is 0 Å². The molecule has 0 radical (unpaired) electrons. The van der Waals surface area contributed by atoms with Crippen LogP contribution in [0.2, 0.25) is 0 Å². The van der Waals surface area contributed by atoms with Crippen LogP contribution in [-0.4, -0.2) is 17.5 Å². The van der Waals surface area contributed by atoms with Gasteiger partial charge in [-0.3, -0.25) is 4.79 Å². The fourth-order valence-corrected chi connectivity index (χ4v) is 1.97. The molecule has 0 aliphatic rings. The number of anilines is 1. The molecule has 1 aromatic heterocycles. The van der Waals surface area contributed by atoms with Crippen molar-refractivity contribution in [1.82, 2.24) is 4.98 Å². The summed E-state index contributed by atoms with van der Waals surface area (Å²) in [5.41, 5.74) is 2.23. The average Bonchev–Trinajstić information content (AvgIpc) is 2.43. The van der Waals surface area contributed by atoms with E-state index in [4.69, 9.17) is 4.74 Å². The van der Waals surface area contributed by atoms with Gasteiger partial charge in [-0.15, -0.1) is 0 Å². The largest absolute Gasteiger partial charge is 0.494 e. The maximum absolute atomic E-state index is 12.1. The average molecular weight is 335 g/mol. The number of rotatable bonds is 4. The second-order valence-corrected chi connectivity index (χ2v) is 5.05. The predicted octanol–water partition coefficient (Wildman–Crippen LogP) is 3.80. The molecule has 104 valence electrons. The third-order valence-corrected chi connectivity index (χ3v) is 3.22. The number of nitrogens with one attached hydrogen (secondary N) is 1. The van der Waals surface area contributed by atoms with Crippen LogP contribution in [0.15, 0.2) is 41.1 Å². The molecule has 0 saturated carbocycles. The second kappa shape index (κ2) is 6.52. The van der Waals surface area contributed by atoms with Crippen LogP contribution in [0.25, 0.3) is 0 Å². The Morgan fingerprint density at radius 3 is 2.75 bits per heavy atom. The van der Waals surface area contributed by atoms with Gasteiger partial charge in [0.25, 0.3) is 5.91 Å². The lowest BCUT2D eigenvalue weighted by Crippen LogP contribution is -2.13. The van der Waals surface area contributed by atoms with Crippen molar-refractivity contribution in [3.05, 3.63) is 52.3 Å². The molecule has 2 rings (SSSR count). The molecule has 0 bridgehead atoms. The maximum atomic E-state index is 12.1. The van der Waals surface area contributed by atoms with E-state index in [0.29, 0.717) is 16.8 Å². The number of hydrogen-bond donors (Lipinski definition) is 1. The van der Waals surface area contributed by atoms with E-state index in [1.165, 1.54) is 6.20 Å². The highest BCUT2D eigenvalue weighted by molar-refractivity contribution is 9.10. The van der Waals surface area contributed by atoms with E-state index in [0.717, 1.165) is 17.0 Å². The predicted molar refractivity (Wildman–Crippen MR) is 82.2 cm³/mol. The van der Waals surface area contributed by atoms with Crippen molar-refractivity contribution in [2.45, 2.75) is 13.8 Å². The number of pyridine rings is 1. The number of nitrogens with zero attached hydrogens (tertiary/aromatic N) is 1. The summed E-state index contributed by atoms with van der Waals surface area (Å²) in [4.78, 5) is 16.1. The van der Waals surface area contributed by atoms with Crippen LogP contribution in [0.3, 0.4) is 0 Å². The normalized spacial score (nSPS) is 10.2. The number of amides is 1. The second-order valence-electron chi connectivity index (χ2n) is 4.23. The molecule has 5 heteroatoms. The summed E-state index contributed by atoms with van der Waals surface area (Å²) in [6, 6.07) is 9.03. The van der Waals surface area contributed by atoms with Gasteiger partial charge >= 0.3 is 0 Å². The highest BCUT2D eigenvalue weighted by atomic mass is 79.9. The zero-order valence-corrected chi connectivity index (χ0v) is 12.9. The number of ether oxygens (including phenoxy) is 1. The van der Waals surface area contributed by atoms with Crippen molar-refractivity contribution in [2.24, 2.45) is 0 Å². The summed E-state index contributed by atoms with van der Waals surface area (Å²) in [7, 11) is 0. The van der Waals surface area contributed by atoms with Crippen LogP contribution < -0.4 is 10.1 Å². The number of hydrogen-bond acceptors (Lipinski definition) is 3. The third kappa shape index (κ3) is 3.57. The number of halogens is 1. The van der Waals surface area contributed by atoms with Crippen molar-refractivity contribution < 1.29 is 9.53 Å². The van der Waals surface area contributed by atoms with Crippen molar-refractivity contribution in [3.8, 4) is 5.75 Å². The summed E-state index contributed by atoms with van der Waals surface area (Å²) < 4.78 is 6.12. The zero-order valence-electron chi connectivity index (χ0n) is 11.3. The van der Waals surface area contributed by atoms with Crippen LogP contribution in [-0.2, 0) is 0 Å². The number of carbonyl (C=O) groups excluding carboxylic acids is 1. The molecule has 1 N–H and O–H groups in total. The molecule has 1 aromatic carbocycles. The number of aryl methyl sites for hydroxylation is 1. The minimum Gasteiger partial charge on any atom is -0.494 e. The molecular weight excluding hydrogens is 320 g/mol. The van der Waals surface area contributed by atoms with Gasteiger partial charge in [0.2, 0.25) is 0 Å². The molecular formula is C15H15BrN2O2. The molecule has 0 aliphatic heterocycles. The molecule has 4 nitrogen and oxygen atoms in total. The van der Waals surface area contributed by atoms with E-state index in [2.05, 4.69) is 26.2 Å². The fourth-order valence-electron chi connectivity index (χ4n) is 1.74. The first-order valence-electron chi connectivity index (χ1n) is 6.26. The first kappa shape index (κ1) is 14.5. The Balaban J connectivity index is 2.13. The first-order chi connectivity index (χ1) is 9.60. The van der Waals surface area contributed by atoms with E-state index in [1.807, 2.05) is 32.0 Å². The van der Waals surface area contributed by atoms with Crippen LogP contribution in [0.1, 0.15) is 22.8 Å². The lowest BCUT2D eigenvalue weighted by atomic mass is 10.1. The summed E-state index contributed by atoms with van der Waals surface area (Å²) in [5.74, 6) is 0.616. The van der Waals surface area contributed by atoms with E-state index in [9.17, 15) is 4.79 Å². The summed E-state index contributed by atoms with van der Waals surface area (Å²) >= 11 is 3.24. The SMILES string of the molecule is CCOc1ccc(NC(=O)c2ccc(Br)nc2)c(C)c1. The zero-order chi connectivity index (χ0) is 14.5. The van der Waals surface area contributed by atoms with Gasteiger partial charge < -0.3 is 10.1 Å². The summed E-state index contributed by atoms with van der Waals surface area (Å²) in [5, 5.41) is 2.87. The quantitative estimate of drug-likeness (QED) is 0.865. The molecule has 1 amide bonds. The molecule has 0 spiro atoms. The van der Waals surface area contributed by atoms with Gasteiger partial charge in [0.15, 0.2) is 0 Å². The van der Waals surface area contributed by atoms with Crippen LogP contribution in [0.5, 0.6) is 5.75 Å². The van der Waals surface area contributed by atoms with Crippen molar-refractivity contribution in [1.29, 1.82) is 0 Å². The Morgan fingerprint density at radius 1 is 1.35 bits per heavy atom. The Kier molecular flexibility index (Phi) is 4.74. The Morgan fingerprint density at radius 2 is 2.15 bits per heavy atom. The van der Waals surface area contributed by atoms with Crippen molar-refractivity contribution in [2.75, 3.05) is 11.9 Å². The smallest absolute Gasteiger partial charge is 0.257 e. The Labute approximate surface area is 126 Å². The topological polar surface area (TPSA) is 51.2 Å². The van der Waals surface area contributed by atoms with Crippen molar-refractivity contribution in [3.63, 3.8) is 0 Å². The fraction of sp³-hybridized carbons (Fsp3) is 0.200. The van der Waals surface area contributed by atoms with Crippen LogP contribution in [0.4, 0.5) is 5.69 Å². The van der Waals surface area contributed by atoms with E-state index in [1.54, 1.807) is 12.1 Å². The molecule has 0 unspecified atom stereocenters. The molecule has 0 saturated heterocycles. The van der Waals surface area contributed by atoms with Gasteiger partial charge in [0, 0.05) is 11.9 Å². The lowest BCUT2D eigenvalue weighted by molar-refractivity contribution is 0.102. The summed E-state index contributed by atoms with van der Waals surface area (Å²) in [6.07, 6.45) is 1.53. The Hall–Kier alpha value is -1.88. The molecule has 0 atom stereocenters. The maximum Gasteiger partial charge on any atom is 0.257 e. The minimum atomic E-state index is -0.183. The molecule has 2 aromatic rings.